The Morgan fingerprint density at radius 3 is 2.66 bits per heavy atom. The van der Waals surface area contributed by atoms with E-state index in [4.69, 9.17) is 23.2 Å². The molecule has 3 aromatic heterocycles. The molecule has 0 atom stereocenters. The Bertz CT molecular complexity index is 1150. The SMILES string of the molecule is O=[N+]([O-])c1cnn(Cc2nnc(Nc3ccn(Cc4c(Cl)cccc4Cl)n3)s2)c1. The highest BCUT2D eigenvalue weighted by Crippen LogP contribution is 2.26. The van der Waals surface area contributed by atoms with Crippen molar-refractivity contribution >= 4 is 51.2 Å². The summed E-state index contributed by atoms with van der Waals surface area (Å²) in [5, 5.41) is 32.6. The molecular weight excluding hydrogens is 439 g/mol. The largest absolute Gasteiger partial charge is 0.313 e. The zero-order valence-corrected chi connectivity index (χ0v) is 16.9. The normalized spacial score (nSPS) is 11.0. The van der Waals surface area contributed by atoms with Crippen LogP contribution in [-0.4, -0.2) is 34.7 Å². The number of nitrogens with one attached hydrogen (secondary N) is 1. The molecule has 10 nitrogen and oxygen atoms in total. The molecule has 148 valence electrons. The molecule has 0 fully saturated rings. The second-order valence-corrected chi connectivity index (χ2v) is 7.75. The van der Waals surface area contributed by atoms with Crippen molar-refractivity contribution in [3.63, 3.8) is 0 Å². The smallest absolute Gasteiger partial charge is 0.307 e. The molecule has 1 aromatic carbocycles. The molecule has 0 saturated heterocycles. The van der Waals surface area contributed by atoms with E-state index >= 15 is 0 Å². The van der Waals surface area contributed by atoms with Crippen molar-refractivity contribution < 1.29 is 4.92 Å². The molecule has 13 heteroatoms. The number of hydrogen-bond acceptors (Lipinski definition) is 8. The minimum absolute atomic E-state index is 0.0722. The van der Waals surface area contributed by atoms with Crippen LogP contribution in [0.2, 0.25) is 10.0 Å². The van der Waals surface area contributed by atoms with Gasteiger partial charge in [0.15, 0.2) is 5.82 Å². The molecule has 1 N–H and O–H groups in total. The highest BCUT2D eigenvalue weighted by atomic mass is 35.5. The van der Waals surface area contributed by atoms with Gasteiger partial charge in [-0.1, -0.05) is 40.6 Å². The molecule has 0 aliphatic rings. The van der Waals surface area contributed by atoms with Gasteiger partial charge in [-0.15, -0.1) is 10.2 Å². The number of hydrogen-bond donors (Lipinski definition) is 1. The van der Waals surface area contributed by atoms with Gasteiger partial charge in [0.1, 0.15) is 17.4 Å². The Kier molecular flexibility index (Phi) is 5.43. The predicted octanol–water partition coefficient (Wildman–Crippen LogP) is 3.99. The van der Waals surface area contributed by atoms with E-state index in [0.717, 1.165) is 5.56 Å². The lowest BCUT2D eigenvalue weighted by atomic mass is 10.2. The third kappa shape index (κ3) is 4.53. The summed E-state index contributed by atoms with van der Waals surface area (Å²) < 4.78 is 3.14. The zero-order valence-electron chi connectivity index (χ0n) is 14.6. The van der Waals surface area contributed by atoms with Gasteiger partial charge in [-0.2, -0.15) is 10.2 Å². The molecule has 0 spiro atoms. The third-order valence-corrected chi connectivity index (χ3v) is 5.38. The number of benzene rings is 1. The van der Waals surface area contributed by atoms with E-state index in [9.17, 15) is 10.1 Å². The topological polar surface area (TPSA) is 117 Å². The Hall–Kier alpha value is -3.02. The summed E-state index contributed by atoms with van der Waals surface area (Å²) in [7, 11) is 0. The summed E-state index contributed by atoms with van der Waals surface area (Å²) in [6.45, 7) is 0.715. The average Bonchev–Trinajstić information content (AvgIpc) is 3.41. The van der Waals surface area contributed by atoms with Crippen LogP contribution in [-0.2, 0) is 13.1 Å². The van der Waals surface area contributed by atoms with Crippen molar-refractivity contribution in [2.75, 3.05) is 5.32 Å². The van der Waals surface area contributed by atoms with Crippen molar-refractivity contribution in [1.82, 2.24) is 29.8 Å². The van der Waals surface area contributed by atoms with Gasteiger partial charge in [-0.05, 0) is 12.1 Å². The average molecular weight is 451 g/mol. The van der Waals surface area contributed by atoms with Crippen LogP contribution in [0.1, 0.15) is 10.6 Å². The lowest BCUT2D eigenvalue weighted by molar-refractivity contribution is -0.385. The van der Waals surface area contributed by atoms with Gasteiger partial charge in [0.2, 0.25) is 5.13 Å². The molecule has 0 bridgehead atoms. The number of nitro groups is 1. The van der Waals surface area contributed by atoms with Crippen LogP contribution in [0.15, 0.2) is 42.9 Å². The van der Waals surface area contributed by atoms with Gasteiger partial charge < -0.3 is 5.32 Å². The Morgan fingerprint density at radius 1 is 1.14 bits per heavy atom. The number of anilines is 2. The molecule has 3 heterocycles. The van der Waals surface area contributed by atoms with Crippen molar-refractivity contribution in [2.45, 2.75) is 13.1 Å². The van der Waals surface area contributed by atoms with Crippen LogP contribution in [0.3, 0.4) is 0 Å². The number of nitrogens with zero attached hydrogens (tertiary/aromatic N) is 7. The maximum atomic E-state index is 10.7. The highest BCUT2D eigenvalue weighted by molar-refractivity contribution is 7.15. The van der Waals surface area contributed by atoms with Crippen LogP contribution in [0.4, 0.5) is 16.6 Å². The molecule has 0 radical (unpaired) electrons. The van der Waals surface area contributed by atoms with E-state index in [1.165, 1.54) is 28.4 Å². The van der Waals surface area contributed by atoms with Crippen molar-refractivity contribution in [1.29, 1.82) is 0 Å². The van der Waals surface area contributed by atoms with Crippen molar-refractivity contribution in [3.8, 4) is 0 Å². The Morgan fingerprint density at radius 2 is 1.93 bits per heavy atom. The fourth-order valence-electron chi connectivity index (χ4n) is 2.51. The quantitative estimate of drug-likeness (QED) is 0.334. The summed E-state index contributed by atoms with van der Waals surface area (Å²) in [5.41, 5.74) is 0.717. The van der Waals surface area contributed by atoms with Crippen molar-refractivity contribution in [3.05, 3.63) is 73.6 Å². The Balaban J connectivity index is 1.41. The van der Waals surface area contributed by atoms with Gasteiger partial charge in [-0.25, -0.2) is 0 Å². The van der Waals surface area contributed by atoms with Gasteiger partial charge in [0.25, 0.3) is 0 Å². The molecule has 0 aliphatic heterocycles. The third-order valence-electron chi connectivity index (χ3n) is 3.85. The lowest BCUT2D eigenvalue weighted by Crippen LogP contribution is -2.02. The summed E-state index contributed by atoms with van der Waals surface area (Å²) >= 11 is 13.7. The van der Waals surface area contributed by atoms with Crippen LogP contribution in [0.25, 0.3) is 0 Å². The molecule has 0 amide bonds. The van der Waals surface area contributed by atoms with Crippen molar-refractivity contribution in [2.24, 2.45) is 0 Å². The molecule has 29 heavy (non-hydrogen) atoms. The second kappa shape index (κ2) is 8.15. The summed E-state index contributed by atoms with van der Waals surface area (Å²) in [5.74, 6) is 0.589. The van der Waals surface area contributed by atoms with Crippen LogP contribution in [0.5, 0.6) is 0 Å². The van der Waals surface area contributed by atoms with E-state index in [1.54, 1.807) is 35.1 Å². The summed E-state index contributed by atoms with van der Waals surface area (Å²) in [6.07, 6.45) is 4.33. The maximum absolute atomic E-state index is 10.7. The molecular formula is C16H12Cl2N8O2S. The molecule has 0 aliphatic carbocycles. The summed E-state index contributed by atoms with van der Waals surface area (Å²) in [4.78, 5) is 10.2. The van der Waals surface area contributed by atoms with E-state index in [1.807, 2.05) is 0 Å². The standard InChI is InChI=1S/C16H12Cl2N8O2S/c17-12-2-1-3-13(18)11(12)8-24-5-4-14(23-24)20-16-22-21-15(29-16)9-25-7-10(6-19-25)26(27)28/h1-7H,8-9H2,(H,20,22,23). The number of aromatic nitrogens is 6. The fraction of sp³-hybridized carbons (Fsp3) is 0.125. The second-order valence-electron chi connectivity index (χ2n) is 5.88. The van der Waals surface area contributed by atoms with E-state index in [0.29, 0.717) is 32.5 Å². The zero-order chi connectivity index (χ0) is 20.4. The van der Waals surface area contributed by atoms with Crippen LogP contribution in [0, 0.1) is 10.1 Å². The first kappa shape index (κ1) is 19.3. The summed E-state index contributed by atoms with van der Waals surface area (Å²) in [6, 6.07) is 7.15. The van der Waals surface area contributed by atoms with Gasteiger partial charge in [0.05, 0.1) is 18.0 Å². The number of halogens is 2. The van der Waals surface area contributed by atoms with Gasteiger partial charge in [-0.3, -0.25) is 19.5 Å². The first-order chi connectivity index (χ1) is 14.0. The van der Waals surface area contributed by atoms with E-state index < -0.39 is 4.92 Å². The minimum Gasteiger partial charge on any atom is -0.313 e. The van der Waals surface area contributed by atoms with E-state index in [-0.39, 0.29) is 12.2 Å². The highest BCUT2D eigenvalue weighted by Gasteiger charge is 2.12. The van der Waals surface area contributed by atoms with Crippen LogP contribution >= 0.6 is 34.5 Å². The molecule has 0 saturated carbocycles. The molecule has 0 unspecified atom stereocenters. The predicted molar refractivity (Wildman–Crippen MR) is 109 cm³/mol. The first-order valence-electron chi connectivity index (χ1n) is 8.20. The minimum atomic E-state index is -0.497. The van der Waals surface area contributed by atoms with Crippen LogP contribution < -0.4 is 5.32 Å². The van der Waals surface area contributed by atoms with E-state index in [2.05, 4.69) is 25.7 Å². The maximum Gasteiger partial charge on any atom is 0.307 e. The first-order valence-corrected chi connectivity index (χ1v) is 9.78. The molecule has 4 aromatic rings. The molecule has 4 rings (SSSR count). The van der Waals surface area contributed by atoms with Gasteiger partial charge in [0, 0.05) is 27.9 Å². The Labute approximate surface area is 177 Å². The monoisotopic (exact) mass is 450 g/mol. The van der Waals surface area contributed by atoms with Gasteiger partial charge >= 0.3 is 5.69 Å². The lowest BCUT2D eigenvalue weighted by Gasteiger charge is -2.06. The fourth-order valence-corrected chi connectivity index (χ4v) is 3.77. The number of rotatable bonds is 7.